The lowest BCUT2D eigenvalue weighted by molar-refractivity contribution is 1.16. The van der Waals surface area contributed by atoms with Crippen molar-refractivity contribution in [2.45, 2.75) is 0 Å². The number of hydrogen-bond donors (Lipinski definition) is 1. The van der Waals surface area contributed by atoms with Crippen molar-refractivity contribution in [3.8, 4) is 0 Å². The van der Waals surface area contributed by atoms with Gasteiger partial charge in [-0.05, 0) is 12.1 Å². The van der Waals surface area contributed by atoms with Crippen molar-refractivity contribution in [2.75, 3.05) is 5.32 Å². The summed E-state index contributed by atoms with van der Waals surface area (Å²) in [7, 11) is 1.89. The molecule has 6 heteroatoms. The van der Waals surface area contributed by atoms with E-state index in [1.54, 1.807) is 12.4 Å². The summed E-state index contributed by atoms with van der Waals surface area (Å²) >= 11 is 0. The average Bonchev–Trinajstić information content (AvgIpc) is 2.39. The van der Waals surface area contributed by atoms with Gasteiger partial charge in [-0.2, -0.15) is 4.98 Å². The average molecular weight is 235 g/mol. The highest BCUT2D eigenvalue weighted by Crippen LogP contribution is 2.12. The summed E-state index contributed by atoms with van der Waals surface area (Å²) in [6, 6.07) is 9.77. The minimum atomic E-state index is 0.522. The Balaban J connectivity index is 1.98. The molecule has 5 nitrogen and oxygen atoms in total. The van der Waals surface area contributed by atoms with E-state index in [2.05, 4.69) is 25.3 Å². The van der Waals surface area contributed by atoms with Crippen LogP contribution >= 0.6 is 0 Å². The van der Waals surface area contributed by atoms with E-state index in [4.69, 9.17) is 0 Å². The number of hydrogen-bond acceptors (Lipinski definition) is 5. The van der Waals surface area contributed by atoms with Crippen LogP contribution in [0, 0.1) is 0 Å². The smallest absolute Gasteiger partial charge is 0.229 e. The van der Waals surface area contributed by atoms with Crippen LogP contribution in [-0.2, 0) is 0 Å². The lowest BCUT2D eigenvalue weighted by atomic mass is 10.1. The van der Waals surface area contributed by atoms with Crippen molar-refractivity contribution in [2.24, 2.45) is 0 Å². The second-order valence-corrected chi connectivity index (χ2v) is 3.90. The van der Waals surface area contributed by atoms with Gasteiger partial charge in [-0.1, -0.05) is 18.2 Å². The van der Waals surface area contributed by atoms with E-state index < -0.39 is 0 Å². The van der Waals surface area contributed by atoms with Gasteiger partial charge in [0.1, 0.15) is 5.52 Å². The fourth-order valence-electron chi connectivity index (χ4n) is 1.61. The maximum Gasteiger partial charge on any atom is 0.229 e. The van der Waals surface area contributed by atoms with Crippen LogP contribution < -0.4 is 10.9 Å². The summed E-state index contributed by atoms with van der Waals surface area (Å²) in [6.45, 7) is 0. The standard InChI is InChI=1S/C12H10BN5/c13-10-7-14-9-6-15-12(18-11(9)17-10)16-8-4-2-1-3-5-8/h1-7H,13H2,(H,15,16,17,18). The van der Waals surface area contributed by atoms with E-state index in [0.29, 0.717) is 17.1 Å². The molecule has 0 aliphatic heterocycles. The van der Waals surface area contributed by atoms with Gasteiger partial charge in [0.2, 0.25) is 5.95 Å². The summed E-state index contributed by atoms with van der Waals surface area (Å²) in [4.78, 5) is 17.1. The van der Waals surface area contributed by atoms with E-state index in [9.17, 15) is 0 Å². The number of aromatic nitrogens is 4. The molecule has 3 aromatic rings. The van der Waals surface area contributed by atoms with Gasteiger partial charge in [0, 0.05) is 17.5 Å². The molecule has 86 valence electrons. The number of rotatable bonds is 2. The highest BCUT2D eigenvalue weighted by Gasteiger charge is 2.02. The molecule has 0 aliphatic rings. The molecular formula is C12H10BN5. The van der Waals surface area contributed by atoms with Crippen LogP contribution in [0.25, 0.3) is 11.2 Å². The number of anilines is 2. The van der Waals surface area contributed by atoms with Gasteiger partial charge >= 0.3 is 0 Å². The SMILES string of the molecule is Bc1cnc2cnc(Nc3ccccc3)nc2n1. The molecule has 0 fully saturated rings. The monoisotopic (exact) mass is 235 g/mol. The topological polar surface area (TPSA) is 63.6 Å². The van der Waals surface area contributed by atoms with Crippen LogP contribution in [0.1, 0.15) is 0 Å². The van der Waals surface area contributed by atoms with Crippen molar-refractivity contribution in [1.82, 2.24) is 19.9 Å². The van der Waals surface area contributed by atoms with Crippen LogP contribution in [0.4, 0.5) is 11.6 Å². The zero-order chi connectivity index (χ0) is 12.4. The number of nitrogens with zero attached hydrogens (tertiary/aromatic N) is 4. The first-order valence-corrected chi connectivity index (χ1v) is 5.60. The molecule has 0 saturated heterocycles. The Morgan fingerprint density at radius 1 is 0.944 bits per heavy atom. The van der Waals surface area contributed by atoms with Crippen molar-refractivity contribution < 1.29 is 0 Å². The summed E-state index contributed by atoms with van der Waals surface area (Å²) in [5.41, 5.74) is 3.08. The maximum absolute atomic E-state index is 4.34. The van der Waals surface area contributed by atoms with E-state index >= 15 is 0 Å². The first kappa shape index (κ1) is 10.6. The van der Waals surface area contributed by atoms with Gasteiger partial charge in [-0.25, -0.2) is 9.97 Å². The molecule has 0 amide bonds. The van der Waals surface area contributed by atoms with Gasteiger partial charge in [0.05, 0.1) is 6.20 Å². The Bertz CT molecular complexity index is 686. The molecule has 0 aliphatic carbocycles. The summed E-state index contributed by atoms with van der Waals surface area (Å²) in [5, 5.41) is 3.13. The number of nitrogens with one attached hydrogen (secondary N) is 1. The molecule has 0 unspecified atom stereocenters. The Labute approximate surface area is 105 Å². The Morgan fingerprint density at radius 2 is 1.78 bits per heavy atom. The van der Waals surface area contributed by atoms with Crippen molar-refractivity contribution in [3.63, 3.8) is 0 Å². The first-order valence-electron chi connectivity index (χ1n) is 5.60. The van der Waals surface area contributed by atoms with Crippen LogP contribution in [0.2, 0.25) is 0 Å². The molecular weight excluding hydrogens is 225 g/mol. The largest absolute Gasteiger partial charge is 0.324 e. The van der Waals surface area contributed by atoms with Crippen molar-refractivity contribution >= 4 is 36.2 Å². The third kappa shape index (κ3) is 2.13. The predicted octanol–water partition coefficient (Wildman–Crippen LogP) is 0.422. The minimum Gasteiger partial charge on any atom is -0.324 e. The lowest BCUT2D eigenvalue weighted by Crippen LogP contribution is -2.10. The molecule has 1 aromatic carbocycles. The molecule has 0 saturated carbocycles. The normalized spacial score (nSPS) is 10.4. The molecule has 2 aromatic heterocycles. The van der Waals surface area contributed by atoms with Crippen molar-refractivity contribution in [1.29, 1.82) is 0 Å². The number of para-hydroxylation sites is 1. The second kappa shape index (κ2) is 4.41. The fourth-order valence-corrected chi connectivity index (χ4v) is 1.61. The van der Waals surface area contributed by atoms with Crippen LogP contribution in [0.3, 0.4) is 0 Å². The summed E-state index contributed by atoms with van der Waals surface area (Å²) < 4.78 is 0. The van der Waals surface area contributed by atoms with Gasteiger partial charge in [0.15, 0.2) is 13.5 Å². The molecule has 1 N–H and O–H groups in total. The molecule has 3 rings (SSSR count). The van der Waals surface area contributed by atoms with E-state index in [1.165, 1.54) is 0 Å². The van der Waals surface area contributed by atoms with Gasteiger partial charge in [-0.3, -0.25) is 4.98 Å². The van der Waals surface area contributed by atoms with Crippen LogP contribution in [0.15, 0.2) is 42.7 Å². The van der Waals surface area contributed by atoms with Crippen LogP contribution in [0.5, 0.6) is 0 Å². The highest BCUT2D eigenvalue weighted by molar-refractivity contribution is 6.30. The van der Waals surface area contributed by atoms with Gasteiger partial charge in [-0.15, -0.1) is 0 Å². The molecule has 0 bridgehead atoms. The lowest BCUT2D eigenvalue weighted by Gasteiger charge is -2.04. The molecule has 0 spiro atoms. The van der Waals surface area contributed by atoms with Crippen LogP contribution in [-0.4, -0.2) is 27.8 Å². The quantitative estimate of drug-likeness (QED) is 0.652. The summed E-state index contributed by atoms with van der Waals surface area (Å²) in [6.07, 6.45) is 3.37. The van der Waals surface area contributed by atoms with E-state index in [0.717, 1.165) is 11.3 Å². The predicted molar refractivity (Wildman–Crippen MR) is 73.0 cm³/mol. The number of fused-ring (bicyclic) bond motifs is 1. The Morgan fingerprint density at radius 3 is 2.61 bits per heavy atom. The molecule has 0 radical (unpaired) electrons. The van der Waals surface area contributed by atoms with Crippen molar-refractivity contribution in [3.05, 3.63) is 42.7 Å². The summed E-state index contributed by atoms with van der Waals surface area (Å²) in [5.74, 6) is 0.522. The Hall–Kier alpha value is -2.50. The third-order valence-electron chi connectivity index (χ3n) is 2.45. The fraction of sp³-hybridized carbons (Fsp3) is 0. The second-order valence-electron chi connectivity index (χ2n) is 3.90. The van der Waals surface area contributed by atoms with Gasteiger partial charge < -0.3 is 5.32 Å². The maximum atomic E-state index is 4.34. The zero-order valence-corrected chi connectivity index (χ0v) is 9.83. The molecule has 18 heavy (non-hydrogen) atoms. The first-order chi connectivity index (χ1) is 8.81. The minimum absolute atomic E-state index is 0.522. The molecule has 0 atom stereocenters. The zero-order valence-electron chi connectivity index (χ0n) is 9.83. The number of benzene rings is 1. The van der Waals surface area contributed by atoms with E-state index in [-0.39, 0.29) is 0 Å². The Kier molecular flexibility index (Phi) is 2.61. The third-order valence-corrected chi connectivity index (χ3v) is 2.45. The highest BCUT2D eigenvalue weighted by atomic mass is 15.1. The molecule has 2 heterocycles. The van der Waals surface area contributed by atoms with Gasteiger partial charge in [0.25, 0.3) is 0 Å². The van der Waals surface area contributed by atoms with E-state index in [1.807, 2.05) is 38.2 Å².